The molecule has 3 N–H and O–H groups in total. The fourth-order valence-electron chi connectivity index (χ4n) is 3.26. The van der Waals surface area contributed by atoms with Gasteiger partial charge in [-0.15, -0.1) is 0 Å². The van der Waals surface area contributed by atoms with Gasteiger partial charge in [0.25, 0.3) is 0 Å². The average molecular weight is 373 g/mol. The molecule has 1 heterocycles. The van der Waals surface area contributed by atoms with Crippen LogP contribution in [0.3, 0.4) is 0 Å². The Labute approximate surface area is 159 Å². The highest BCUT2D eigenvalue weighted by Crippen LogP contribution is 2.24. The molecule has 3 atom stereocenters. The third-order valence-corrected chi connectivity index (χ3v) is 4.98. The monoisotopic (exact) mass is 372 g/mol. The van der Waals surface area contributed by atoms with Crippen LogP contribution in [-0.2, 0) is 4.79 Å². The Morgan fingerprint density at radius 3 is 2.65 bits per heavy atom. The lowest BCUT2D eigenvalue weighted by Crippen LogP contribution is -2.45. The topological polar surface area (TPSA) is 56.4 Å². The second-order valence-electron chi connectivity index (χ2n) is 6.82. The SMILES string of the molecule is CN(C)C(CNC(=O)C1CC(c2cccc(Cl)c2)NN1)c1ccccc1. The first kappa shape index (κ1) is 18.9. The molecule has 26 heavy (non-hydrogen) atoms. The van der Waals surface area contributed by atoms with E-state index in [1.807, 2.05) is 56.6 Å². The van der Waals surface area contributed by atoms with E-state index in [2.05, 4.69) is 33.2 Å². The van der Waals surface area contributed by atoms with E-state index in [0.29, 0.717) is 18.0 Å². The Morgan fingerprint density at radius 1 is 1.19 bits per heavy atom. The van der Waals surface area contributed by atoms with Crippen molar-refractivity contribution in [3.63, 3.8) is 0 Å². The summed E-state index contributed by atoms with van der Waals surface area (Å²) >= 11 is 6.06. The summed E-state index contributed by atoms with van der Waals surface area (Å²) in [6, 6.07) is 17.9. The molecule has 1 fully saturated rings. The molecule has 2 aromatic carbocycles. The Kier molecular flexibility index (Phi) is 6.27. The molecule has 138 valence electrons. The van der Waals surface area contributed by atoms with Gasteiger partial charge in [0.2, 0.25) is 5.91 Å². The van der Waals surface area contributed by atoms with Gasteiger partial charge in [0.1, 0.15) is 6.04 Å². The third kappa shape index (κ3) is 4.62. The van der Waals surface area contributed by atoms with Crippen molar-refractivity contribution >= 4 is 17.5 Å². The highest BCUT2D eigenvalue weighted by molar-refractivity contribution is 6.30. The molecule has 3 rings (SSSR count). The van der Waals surface area contributed by atoms with E-state index >= 15 is 0 Å². The Bertz CT molecular complexity index is 738. The van der Waals surface area contributed by atoms with Crippen molar-refractivity contribution in [2.24, 2.45) is 0 Å². The van der Waals surface area contributed by atoms with Crippen LogP contribution in [-0.4, -0.2) is 37.5 Å². The predicted molar refractivity (Wildman–Crippen MR) is 105 cm³/mol. The van der Waals surface area contributed by atoms with Crippen molar-refractivity contribution in [1.29, 1.82) is 0 Å². The number of benzene rings is 2. The number of nitrogens with one attached hydrogen (secondary N) is 3. The van der Waals surface area contributed by atoms with Gasteiger partial charge in [-0.3, -0.25) is 4.79 Å². The quantitative estimate of drug-likeness (QED) is 0.729. The van der Waals surface area contributed by atoms with Gasteiger partial charge in [-0.05, 0) is 43.8 Å². The van der Waals surface area contributed by atoms with Gasteiger partial charge in [-0.1, -0.05) is 54.1 Å². The second-order valence-corrected chi connectivity index (χ2v) is 7.26. The lowest BCUT2D eigenvalue weighted by atomic mass is 10.0. The first-order valence-electron chi connectivity index (χ1n) is 8.80. The molecular weight excluding hydrogens is 348 g/mol. The molecule has 3 unspecified atom stereocenters. The summed E-state index contributed by atoms with van der Waals surface area (Å²) in [5.74, 6) is 0.00445. The molecule has 0 aliphatic carbocycles. The van der Waals surface area contributed by atoms with E-state index in [-0.39, 0.29) is 24.0 Å². The second kappa shape index (κ2) is 8.64. The lowest BCUT2D eigenvalue weighted by molar-refractivity contribution is -0.123. The van der Waals surface area contributed by atoms with Gasteiger partial charge in [0, 0.05) is 17.6 Å². The predicted octanol–water partition coefficient (Wildman–Crippen LogP) is 2.67. The highest BCUT2D eigenvalue weighted by Gasteiger charge is 2.30. The number of hydrogen-bond acceptors (Lipinski definition) is 4. The summed E-state index contributed by atoms with van der Waals surface area (Å²) in [6.07, 6.45) is 0.685. The molecule has 0 spiro atoms. The van der Waals surface area contributed by atoms with E-state index in [0.717, 1.165) is 5.56 Å². The fraction of sp³-hybridized carbons (Fsp3) is 0.350. The number of amides is 1. The van der Waals surface area contributed by atoms with Crippen LogP contribution in [0.2, 0.25) is 5.02 Å². The van der Waals surface area contributed by atoms with E-state index in [1.54, 1.807) is 0 Å². The maximum absolute atomic E-state index is 12.6. The number of nitrogens with zero attached hydrogens (tertiary/aromatic N) is 1. The van der Waals surface area contributed by atoms with Crippen LogP contribution < -0.4 is 16.2 Å². The van der Waals surface area contributed by atoms with Gasteiger partial charge in [0.15, 0.2) is 0 Å². The zero-order chi connectivity index (χ0) is 18.5. The van der Waals surface area contributed by atoms with Crippen molar-refractivity contribution < 1.29 is 4.79 Å². The van der Waals surface area contributed by atoms with Gasteiger partial charge < -0.3 is 10.2 Å². The molecule has 2 aromatic rings. The smallest absolute Gasteiger partial charge is 0.238 e. The van der Waals surface area contributed by atoms with E-state index < -0.39 is 0 Å². The molecular formula is C20H25ClN4O. The van der Waals surface area contributed by atoms with Crippen molar-refractivity contribution in [3.05, 3.63) is 70.7 Å². The lowest BCUT2D eigenvalue weighted by Gasteiger charge is -2.25. The molecule has 1 aliphatic heterocycles. The largest absolute Gasteiger partial charge is 0.353 e. The zero-order valence-electron chi connectivity index (χ0n) is 15.1. The van der Waals surface area contributed by atoms with Crippen LogP contribution in [0, 0.1) is 0 Å². The standard InChI is InChI=1S/C20H25ClN4O/c1-25(2)19(14-7-4-3-5-8-14)13-22-20(26)18-12-17(23-24-18)15-9-6-10-16(21)11-15/h3-11,17-19,23-24H,12-13H2,1-2H3,(H,22,26). The minimum atomic E-state index is -0.266. The number of hydrazine groups is 1. The Morgan fingerprint density at radius 2 is 1.96 bits per heavy atom. The van der Waals surface area contributed by atoms with Crippen molar-refractivity contribution in [2.75, 3.05) is 20.6 Å². The van der Waals surface area contributed by atoms with Crippen LogP contribution in [0.25, 0.3) is 0 Å². The number of carbonyl (C=O) groups is 1. The summed E-state index contributed by atoms with van der Waals surface area (Å²) < 4.78 is 0. The molecule has 0 bridgehead atoms. The van der Waals surface area contributed by atoms with Crippen LogP contribution in [0.1, 0.15) is 29.6 Å². The highest BCUT2D eigenvalue weighted by atomic mass is 35.5. The number of rotatable bonds is 6. The molecule has 5 nitrogen and oxygen atoms in total. The first-order chi connectivity index (χ1) is 12.5. The molecule has 1 aliphatic rings. The third-order valence-electron chi connectivity index (χ3n) is 4.75. The van der Waals surface area contributed by atoms with Crippen LogP contribution in [0.4, 0.5) is 0 Å². The van der Waals surface area contributed by atoms with E-state index in [1.165, 1.54) is 5.56 Å². The van der Waals surface area contributed by atoms with Crippen LogP contribution >= 0.6 is 11.6 Å². The van der Waals surface area contributed by atoms with Gasteiger partial charge in [-0.2, -0.15) is 0 Å². The van der Waals surface area contributed by atoms with E-state index in [9.17, 15) is 4.79 Å². The zero-order valence-corrected chi connectivity index (χ0v) is 15.8. The minimum absolute atomic E-state index is 0.00445. The molecule has 6 heteroatoms. The number of carbonyl (C=O) groups excluding carboxylic acids is 1. The molecule has 1 amide bonds. The van der Waals surface area contributed by atoms with Crippen molar-refractivity contribution in [2.45, 2.75) is 24.5 Å². The van der Waals surface area contributed by atoms with Crippen molar-refractivity contribution in [1.82, 2.24) is 21.1 Å². The summed E-state index contributed by atoms with van der Waals surface area (Å²) in [6.45, 7) is 0.565. The van der Waals surface area contributed by atoms with E-state index in [4.69, 9.17) is 11.6 Å². The molecule has 1 saturated heterocycles. The normalized spacial score (nSPS) is 20.9. The summed E-state index contributed by atoms with van der Waals surface area (Å²) in [7, 11) is 4.04. The van der Waals surface area contributed by atoms with Crippen LogP contribution in [0.5, 0.6) is 0 Å². The Balaban J connectivity index is 1.57. The van der Waals surface area contributed by atoms with Crippen molar-refractivity contribution in [3.8, 4) is 0 Å². The average Bonchev–Trinajstić information content (AvgIpc) is 3.13. The van der Waals surface area contributed by atoms with Crippen LogP contribution in [0.15, 0.2) is 54.6 Å². The maximum atomic E-state index is 12.6. The van der Waals surface area contributed by atoms with Gasteiger partial charge in [0.05, 0.1) is 6.04 Å². The minimum Gasteiger partial charge on any atom is -0.353 e. The first-order valence-corrected chi connectivity index (χ1v) is 9.18. The van der Waals surface area contributed by atoms with Gasteiger partial charge in [-0.25, -0.2) is 10.9 Å². The molecule has 0 saturated carbocycles. The fourth-order valence-corrected chi connectivity index (χ4v) is 3.46. The number of likely N-dealkylation sites (N-methyl/N-ethyl adjacent to an activating group) is 1. The molecule has 0 aromatic heterocycles. The molecule has 0 radical (unpaired) electrons. The number of halogens is 1. The summed E-state index contributed by atoms with van der Waals surface area (Å²) in [5.41, 5.74) is 8.56. The van der Waals surface area contributed by atoms with Gasteiger partial charge >= 0.3 is 0 Å². The maximum Gasteiger partial charge on any atom is 0.238 e. The summed E-state index contributed by atoms with van der Waals surface area (Å²) in [4.78, 5) is 14.7. The summed E-state index contributed by atoms with van der Waals surface area (Å²) in [5, 5.41) is 3.78. The number of hydrogen-bond donors (Lipinski definition) is 3. The Hall–Kier alpha value is -1.92.